The van der Waals surface area contributed by atoms with E-state index in [0.29, 0.717) is 23.4 Å². The first-order valence-electron chi connectivity index (χ1n) is 5.88. The van der Waals surface area contributed by atoms with Crippen molar-refractivity contribution in [1.82, 2.24) is 0 Å². The van der Waals surface area contributed by atoms with Crippen molar-refractivity contribution in [3.63, 3.8) is 0 Å². The summed E-state index contributed by atoms with van der Waals surface area (Å²) in [5.74, 6) is -0.259. The molecule has 1 aromatic carbocycles. The van der Waals surface area contributed by atoms with E-state index in [4.69, 9.17) is 5.73 Å². The van der Waals surface area contributed by atoms with E-state index in [2.05, 4.69) is 10.0 Å². The molecule has 1 atom stereocenters. The molecule has 19 heavy (non-hydrogen) atoms. The van der Waals surface area contributed by atoms with Gasteiger partial charge >= 0.3 is 0 Å². The Bertz CT molecular complexity index is 570. The molecule has 0 aliphatic carbocycles. The average molecular weight is 285 g/mol. The largest absolute Gasteiger partial charge is 0.325 e. The number of hydrogen-bond donors (Lipinski definition) is 3. The van der Waals surface area contributed by atoms with Crippen LogP contribution in [0.2, 0.25) is 0 Å². The molecule has 0 saturated carbocycles. The molecule has 1 amide bonds. The summed E-state index contributed by atoms with van der Waals surface area (Å²) in [4.78, 5) is 11.6. The second kappa shape index (κ2) is 6.03. The summed E-state index contributed by atoms with van der Waals surface area (Å²) in [6.07, 6.45) is 1.64. The van der Waals surface area contributed by atoms with Gasteiger partial charge in [-0.05, 0) is 37.1 Å². The van der Waals surface area contributed by atoms with Crippen molar-refractivity contribution >= 4 is 27.3 Å². The zero-order chi connectivity index (χ0) is 14.6. The lowest BCUT2D eigenvalue weighted by Gasteiger charge is -2.12. The number of nitrogens with one attached hydrogen (secondary N) is 2. The Morgan fingerprint density at radius 1 is 1.42 bits per heavy atom. The van der Waals surface area contributed by atoms with Crippen molar-refractivity contribution in [3.05, 3.63) is 23.8 Å². The van der Waals surface area contributed by atoms with Gasteiger partial charge in [-0.2, -0.15) is 0 Å². The predicted molar refractivity (Wildman–Crippen MR) is 76.5 cm³/mol. The molecule has 0 saturated heterocycles. The molecular weight excluding hydrogens is 266 g/mol. The normalized spacial score (nSPS) is 12.8. The van der Waals surface area contributed by atoms with Crippen LogP contribution in [-0.4, -0.2) is 26.6 Å². The smallest absolute Gasteiger partial charge is 0.241 e. The molecule has 0 fully saturated rings. The summed E-state index contributed by atoms with van der Waals surface area (Å²) in [5.41, 5.74) is 7.40. The molecule has 1 rings (SSSR count). The van der Waals surface area contributed by atoms with Crippen LogP contribution in [0.5, 0.6) is 0 Å². The number of carbonyl (C=O) groups is 1. The van der Waals surface area contributed by atoms with E-state index >= 15 is 0 Å². The topological polar surface area (TPSA) is 101 Å². The number of anilines is 2. The fourth-order valence-corrected chi connectivity index (χ4v) is 2.10. The monoisotopic (exact) mass is 285 g/mol. The summed E-state index contributed by atoms with van der Waals surface area (Å²) < 4.78 is 24.7. The third-order valence-corrected chi connectivity index (χ3v) is 3.16. The summed E-state index contributed by atoms with van der Waals surface area (Å²) in [5, 5.41) is 2.68. The van der Waals surface area contributed by atoms with E-state index in [1.807, 2.05) is 6.92 Å². The minimum atomic E-state index is -3.31. The molecule has 0 radical (unpaired) electrons. The Hall–Kier alpha value is -1.60. The van der Waals surface area contributed by atoms with Crippen LogP contribution in [0.1, 0.15) is 18.9 Å². The third kappa shape index (κ3) is 4.88. The zero-order valence-electron chi connectivity index (χ0n) is 11.2. The Labute approximate surface area is 113 Å². The Balaban J connectivity index is 2.86. The molecular formula is C12H19N3O3S. The predicted octanol–water partition coefficient (Wildman–Crippen LogP) is 1.04. The minimum Gasteiger partial charge on any atom is -0.325 e. The highest BCUT2D eigenvalue weighted by atomic mass is 32.2. The molecule has 6 nitrogen and oxygen atoms in total. The maximum atomic E-state index is 11.6. The first kappa shape index (κ1) is 15.5. The van der Waals surface area contributed by atoms with Gasteiger partial charge in [0.1, 0.15) is 0 Å². The van der Waals surface area contributed by atoms with Gasteiger partial charge in [0, 0.05) is 5.69 Å². The third-order valence-electron chi connectivity index (χ3n) is 2.57. The molecule has 0 unspecified atom stereocenters. The van der Waals surface area contributed by atoms with E-state index in [-0.39, 0.29) is 5.91 Å². The SMILES string of the molecule is CC[C@H](N)C(=O)Nc1ccc(NS(C)(=O)=O)c(C)c1. The van der Waals surface area contributed by atoms with Crippen molar-refractivity contribution < 1.29 is 13.2 Å². The van der Waals surface area contributed by atoms with Crippen LogP contribution < -0.4 is 15.8 Å². The number of aryl methyl sites for hydroxylation is 1. The van der Waals surface area contributed by atoms with Crippen molar-refractivity contribution in [2.75, 3.05) is 16.3 Å². The summed E-state index contributed by atoms with van der Waals surface area (Å²) >= 11 is 0. The van der Waals surface area contributed by atoms with Gasteiger partial charge in [-0.15, -0.1) is 0 Å². The molecule has 0 heterocycles. The molecule has 4 N–H and O–H groups in total. The maximum absolute atomic E-state index is 11.6. The molecule has 0 bridgehead atoms. The quantitative estimate of drug-likeness (QED) is 0.752. The summed E-state index contributed by atoms with van der Waals surface area (Å²) in [7, 11) is -3.31. The van der Waals surface area contributed by atoms with Gasteiger partial charge in [0.15, 0.2) is 0 Å². The number of carbonyl (C=O) groups excluding carboxylic acids is 1. The molecule has 1 aromatic rings. The molecule has 0 aliphatic rings. The highest BCUT2D eigenvalue weighted by Crippen LogP contribution is 2.20. The second-order valence-electron chi connectivity index (χ2n) is 4.41. The van der Waals surface area contributed by atoms with Crippen LogP contribution in [-0.2, 0) is 14.8 Å². The summed E-state index contributed by atoms with van der Waals surface area (Å²) in [6, 6.07) is 4.37. The van der Waals surface area contributed by atoms with Gasteiger partial charge in [-0.25, -0.2) is 8.42 Å². The second-order valence-corrected chi connectivity index (χ2v) is 6.16. The highest BCUT2D eigenvalue weighted by molar-refractivity contribution is 7.92. The van der Waals surface area contributed by atoms with Gasteiger partial charge in [0.2, 0.25) is 15.9 Å². The van der Waals surface area contributed by atoms with Crippen molar-refractivity contribution in [3.8, 4) is 0 Å². The fourth-order valence-electron chi connectivity index (χ4n) is 1.48. The van der Waals surface area contributed by atoms with Gasteiger partial charge in [-0.3, -0.25) is 9.52 Å². The number of amides is 1. The maximum Gasteiger partial charge on any atom is 0.241 e. The van der Waals surface area contributed by atoms with E-state index in [0.717, 1.165) is 6.26 Å². The van der Waals surface area contributed by atoms with E-state index in [9.17, 15) is 13.2 Å². The molecule has 0 aromatic heterocycles. The number of sulfonamides is 1. The van der Waals surface area contributed by atoms with Crippen LogP contribution in [0.25, 0.3) is 0 Å². The lowest BCUT2D eigenvalue weighted by molar-refractivity contribution is -0.117. The van der Waals surface area contributed by atoms with E-state index < -0.39 is 16.1 Å². The number of nitrogens with two attached hydrogens (primary N) is 1. The average Bonchev–Trinajstić information content (AvgIpc) is 2.30. The standard InChI is InChI=1S/C12H19N3O3S/c1-4-10(13)12(16)14-9-5-6-11(8(2)7-9)15-19(3,17)18/h5-7,10,15H,4,13H2,1-3H3,(H,14,16)/t10-/m0/s1. The zero-order valence-corrected chi connectivity index (χ0v) is 12.0. The van der Waals surface area contributed by atoms with Crippen molar-refractivity contribution in [2.24, 2.45) is 5.73 Å². The Morgan fingerprint density at radius 3 is 2.53 bits per heavy atom. The number of benzene rings is 1. The van der Waals surface area contributed by atoms with E-state index in [1.165, 1.54) is 0 Å². The van der Waals surface area contributed by atoms with Gasteiger partial charge < -0.3 is 11.1 Å². The van der Waals surface area contributed by atoms with Crippen LogP contribution >= 0.6 is 0 Å². The Morgan fingerprint density at radius 2 is 2.05 bits per heavy atom. The summed E-state index contributed by atoms with van der Waals surface area (Å²) in [6.45, 7) is 3.58. The van der Waals surface area contributed by atoms with Gasteiger partial charge in [-0.1, -0.05) is 6.92 Å². The molecule has 0 spiro atoms. The van der Waals surface area contributed by atoms with Crippen molar-refractivity contribution in [2.45, 2.75) is 26.3 Å². The fraction of sp³-hybridized carbons (Fsp3) is 0.417. The Kier molecular flexibility index (Phi) is 4.90. The number of hydrogen-bond acceptors (Lipinski definition) is 4. The molecule has 7 heteroatoms. The number of rotatable bonds is 5. The first-order chi connectivity index (χ1) is 8.73. The molecule has 0 aliphatic heterocycles. The van der Waals surface area contributed by atoms with Crippen LogP contribution in [0.3, 0.4) is 0 Å². The van der Waals surface area contributed by atoms with Crippen LogP contribution in [0.4, 0.5) is 11.4 Å². The van der Waals surface area contributed by atoms with Crippen LogP contribution in [0.15, 0.2) is 18.2 Å². The van der Waals surface area contributed by atoms with Crippen molar-refractivity contribution in [1.29, 1.82) is 0 Å². The minimum absolute atomic E-state index is 0.259. The van der Waals surface area contributed by atoms with Gasteiger partial charge in [0.05, 0.1) is 18.0 Å². The van der Waals surface area contributed by atoms with Crippen LogP contribution in [0, 0.1) is 6.92 Å². The lowest BCUT2D eigenvalue weighted by atomic mass is 10.1. The first-order valence-corrected chi connectivity index (χ1v) is 7.77. The molecule has 106 valence electrons. The highest BCUT2D eigenvalue weighted by Gasteiger charge is 2.12. The lowest BCUT2D eigenvalue weighted by Crippen LogP contribution is -2.34. The van der Waals surface area contributed by atoms with E-state index in [1.54, 1.807) is 25.1 Å². The van der Waals surface area contributed by atoms with Gasteiger partial charge in [0.25, 0.3) is 0 Å².